The number of hydrogen-bond acceptors (Lipinski definition) is 9. The number of esters is 1. The smallest absolute Gasteiger partial charge is 0.306 e. The van der Waals surface area contributed by atoms with Gasteiger partial charge in [0.05, 0.1) is 18.3 Å². The Hall–Kier alpha value is -6.24. The number of amides is 2. The number of morpholine rings is 1. The molecule has 0 bridgehead atoms. The number of aromatic nitrogens is 4. The Morgan fingerprint density at radius 2 is 1.36 bits per heavy atom. The van der Waals surface area contributed by atoms with E-state index in [4.69, 9.17) is 9.47 Å². The van der Waals surface area contributed by atoms with Crippen LogP contribution in [0.5, 0.6) is 0 Å². The molecule has 2 N–H and O–H groups in total. The van der Waals surface area contributed by atoms with Crippen molar-refractivity contribution in [3.63, 3.8) is 0 Å². The van der Waals surface area contributed by atoms with Gasteiger partial charge in [-0.25, -0.2) is 15.0 Å². The van der Waals surface area contributed by atoms with Crippen LogP contribution in [-0.2, 0) is 24.6 Å². The molecule has 53 heavy (non-hydrogen) atoms. The van der Waals surface area contributed by atoms with Crippen LogP contribution in [0.2, 0.25) is 0 Å². The largest absolute Gasteiger partial charge is 0.463 e. The molecular formula is C41H39N7O5. The number of fused-ring (bicyclic) bond motifs is 1. The first-order valence-corrected chi connectivity index (χ1v) is 17.4. The minimum atomic E-state index is -0.798. The summed E-state index contributed by atoms with van der Waals surface area (Å²) in [6.45, 7) is 0.715. The second-order valence-corrected chi connectivity index (χ2v) is 12.6. The van der Waals surface area contributed by atoms with Gasteiger partial charge < -0.3 is 20.1 Å². The molecule has 2 atom stereocenters. The standard InChI is InChI=1S/C41H39N7O5/c1-42-34(49)22-23-36(50)52-26-33-24-47(41(30-16-8-3-9-17-30,31-18-10-4-11-19-31)32-20-12-5-13-21-32)25-35(53-33)48-28-45-37-38(43-27-44-39(37)48)46-40(51)29-14-6-2-7-15-29/h2-21,27-28,33,35H,22-26H2,1H3,(H,42,49)(H,43,44,46,51)/t33-,35+/m0/s1. The summed E-state index contributed by atoms with van der Waals surface area (Å²) in [5, 5.41) is 5.41. The highest BCUT2D eigenvalue weighted by Crippen LogP contribution is 2.45. The molecule has 0 unspecified atom stereocenters. The Kier molecular flexibility index (Phi) is 10.6. The quantitative estimate of drug-likeness (QED) is 0.127. The third kappa shape index (κ3) is 7.41. The van der Waals surface area contributed by atoms with Gasteiger partial charge in [-0.2, -0.15) is 0 Å². The number of carbonyl (C=O) groups is 3. The zero-order valence-corrected chi connectivity index (χ0v) is 29.2. The SMILES string of the molecule is CNC(=O)CCC(=O)OC[C@@H]1CN(C(c2ccccc2)(c2ccccc2)c2ccccc2)C[C@H](n2cnc3c(NC(=O)c4ccccc4)ncnc32)O1. The molecule has 268 valence electrons. The van der Waals surface area contributed by atoms with Gasteiger partial charge in [0.15, 0.2) is 17.0 Å². The van der Waals surface area contributed by atoms with Gasteiger partial charge in [-0.1, -0.05) is 109 Å². The first-order valence-electron chi connectivity index (χ1n) is 17.4. The van der Waals surface area contributed by atoms with Crippen LogP contribution in [0.15, 0.2) is 134 Å². The number of benzene rings is 4. The van der Waals surface area contributed by atoms with Gasteiger partial charge in [0.1, 0.15) is 25.3 Å². The lowest BCUT2D eigenvalue weighted by molar-refractivity contribution is -0.169. The summed E-state index contributed by atoms with van der Waals surface area (Å²) in [5.41, 5.74) is 3.68. The van der Waals surface area contributed by atoms with Gasteiger partial charge in [-0.3, -0.25) is 23.9 Å². The molecule has 0 spiro atoms. The van der Waals surface area contributed by atoms with Crippen LogP contribution in [0, 0.1) is 0 Å². The average molecular weight is 710 g/mol. The fourth-order valence-electron chi connectivity index (χ4n) is 6.94. The second-order valence-electron chi connectivity index (χ2n) is 12.6. The van der Waals surface area contributed by atoms with E-state index in [1.165, 1.54) is 13.4 Å². The molecule has 0 radical (unpaired) electrons. The monoisotopic (exact) mass is 709 g/mol. The molecule has 2 aromatic heterocycles. The lowest BCUT2D eigenvalue weighted by Gasteiger charge is -2.50. The molecular weight excluding hydrogens is 670 g/mol. The van der Waals surface area contributed by atoms with E-state index >= 15 is 0 Å². The maximum absolute atomic E-state index is 13.1. The molecule has 0 aliphatic carbocycles. The van der Waals surface area contributed by atoms with E-state index in [1.807, 2.05) is 65.2 Å². The van der Waals surface area contributed by atoms with Gasteiger partial charge in [0.2, 0.25) is 5.91 Å². The molecule has 6 aromatic rings. The van der Waals surface area contributed by atoms with Gasteiger partial charge in [-0.05, 0) is 28.8 Å². The lowest BCUT2D eigenvalue weighted by atomic mass is 9.75. The van der Waals surface area contributed by atoms with Crippen molar-refractivity contribution in [2.24, 2.45) is 0 Å². The van der Waals surface area contributed by atoms with Crippen molar-refractivity contribution in [3.05, 3.63) is 156 Å². The molecule has 1 aliphatic heterocycles. The second kappa shape index (κ2) is 16.0. The Labute approximate surface area is 306 Å². The third-order valence-corrected chi connectivity index (χ3v) is 9.40. The minimum Gasteiger partial charge on any atom is -0.463 e. The normalized spacial score (nSPS) is 16.2. The molecule has 12 nitrogen and oxygen atoms in total. The van der Waals surface area contributed by atoms with Gasteiger partial charge >= 0.3 is 5.97 Å². The minimum absolute atomic E-state index is 0.0264. The maximum Gasteiger partial charge on any atom is 0.306 e. The summed E-state index contributed by atoms with van der Waals surface area (Å²) in [6, 6.07) is 39.8. The summed E-state index contributed by atoms with van der Waals surface area (Å²) in [7, 11) is 1.53. The van der Waals surface area contributed by atoms with Gasteiger partial charge in [-0.15, -0.1) is 0 Å². The van der Waals surface area contributed by atoms with E-state index in [2.05, 4.69) is 66.9 Å². The van der Waals surface area contributed by atoms with Crippen molar-refractivity contribution in [1.29, 1.82) is 0 Å². The molecule has 1 aliphatic rings. The topological polar surface area (TPSA) is 141 Å². The third-order valence-electron chi connectivity index (χ3n) is 9.40. The molecule has 3 heterocycles. The van der Waals surface area contributed by atoms with Crippen molar-refractivity contribution >= 4 is 34.8 Å². The van der Waals surface area contributed by atoms with Crippen LogP contribution in [0.4, 0.5) is 5.82 Å². The van der Waals surface area contributed by atoms with Crippen LogP contribution in [0.1, 0.15) is 46.1 Å². The maximum atomic E-state index is 13.1. The van der Waals surface area contributed by atoms with E-state index in [9.17, 15) is 14.4 Å². The predicted octanol–water partition coefficient (Wildman–Crippen LogP) is 5.34. The van der Waals surface area contributed by atoms with E-state index in [0.717, 1.165) is 16.7 Å². The highest BCUT2D eigenvalue weighted by atomic mass is 16.6. The molecule has 2 amide bonds. The van der Waals surface area contributed by atoms with Crippen molar-refractivity contribution in [2.45, 2.75) is 30.7 Å². The Morgan fingerprint density at radius 1 is 0.774 bits per heavy atom. The van der Waals surface area contributed by atoms with Crippen LogP contribution < -0.4 is 10.6 Å². The molecule has 7 rings (SSSR count). The summed E-state index contributed by atoms with van der Waals surface area (Å²) in [6.07, 6.45) is 1.74. The summed E-state index contributed by atoms with van der Waals surface area (Å²) in [5.74, 6) is -0.791. The number of rotatable bonds is 12. The van der Waals surface area contributed by atoms with E-state index in [-0.39, 0.29) is 37.1 Å². The highest BCUT2D eigenvalue weighted by molar-refractivity contribution is 6.06. The van der Waals surface area contributed by atoms with Crippen molar-refractivity contribution in [3.8, 4) is 0 Å². The molecule has 1 fully saturated rings. The van der Waals surface area contributed by atoms with Crippen molar-refractivity contribution in [1.82, 2.24) is 29.7 Å². The average Bonchev–Trinajstić information content (AvgIpc) is 3.66. The number of nitrogens with one attached hydrogen (secondary N) is 2. The Balaban J connectivity index is 1.30. The number of anilines is 1. The molecule has 4 aromatic carbocycles. The van der Waals surface area contributed by atoms with Gasteiger partial charge in [0.25, 0.3) is 5.91 Å². The Morgan fingerprint density at radius 3 is 1.94 bits per heavy atom. The predicted molar refractivity (Wildman–Crippen MR) is 199 cm³/mol. The van der Waals surface area contributed by atoms with Crippen LogP contribution in [0.25, 0.3) is 11.2 Å². The fraction of sp³-hybridized carbons (Fsp3) is 0.220. The summed E-state index contributed by atoms with van der Waals surface area (Å²) < 4.78 is 14.3. The van der Waals surface area contributed by atoms with Crippen LogP contribution in [0.3, 0.4) is 0 Å². The van der Waals surface area contributed by atoms with Crippen molar-refractivity contribution < 1.29 is 23.9 Å². The number of hydrogen-bond donors (Lipinski definition) is 2. The highest BCUT2D eigenvalue weighted by Gasteiger charge is 2.46. The lowest BCUT2D eigenvalue weighted by Crippen LogP contribution is -2.57. The zero-order chi connectivity index (χ0) is 36.6. The number of imidazole rings is 1. The number of carbonyl (C=O) groups excluding carboxylic acids is 3. The summed E-state index contributed by atoms with van der Waals surface area (Å²) >= 11 is 0. The zero-order valence-electron chi connectivity index (χ0n) is 29.2. The van der Waals surface area contributed by atoms with Crippen molar-refractivity contribution in [2.75, 3.05) is 32.1 Å². The summed E-state index contributed by atoms with van der Waals surface area (Å²) in [4.78, 5) is 53.7. The van der Waals surface area contributed by atoms with Gasteiger partial charge in [0, 0.05) is 32.1 Å². The Bertz CT molecular complexity index is 2070. The number of ether oxygens (including phenoxy) is 2. The number of nitrogens with zero attached hydrogens (tertiary/aromatic N) is 5. The van der Waals surface area contributed by atoms with Crippen LogP contribution >= 0.6 is 0 Å². The van der Waals surface area contributed by atoms with E-state index in [0.29, 0.717) is 29.8 Å². The fourth-order valence-corrected chi connectivity index (χ4v) is 6.94. The van der Waals surface area contributed by atoms with E-state index < -0.39 is 23.8 Å². The molecule has 1 saturated heterocycles. The first-order chi connectivity index (χ1) is 26.0. The first kappa shape index (κ1) is 35.2. The van der Waals surface area contributed by atoms with Crippen LogP contribution in [-0.4, -0.2) is 75.1 Å². The van der Waals surface area contributed by atoms with E-state index in [1.54, 1.807) is 30.6 Å². The molecule has 12 heteroatoms. The molecule has 0 saturated carbocycles.